The van der Waals surface area contributed by atoms with Crippen LogP contribution in [0.25, 0.3) is 0 Å². The minimum atomic E-state index is -0.342. The van der Waals surface area contributed by atoms with E-state index in [2.05, 4.69) is 10.2 Å². The summed E-state index contributed by atoms with van der Waals surface area (Å²) in [5.74, 6) is 0.0873. The lowest BCUT2D eigenvalue weighted by Gasteiger charge is -2.10. The fourth-order valence-corrected chi connectivity index (χ4v) is 1.39. The summed E-state index contributed by atoms with van der Waals surface area (Å²) in [6.45, 7) is 6.54. The minimum Gasteiger partial charge on any atom is -0.510 e. The first kappa shape index (κ1) is 14.9. The highest BCUT2D eigenvalue weighted by Gasteiger charge is 2.08. The van der Waals surface area contributed by atoms with E-state index in [1.165, 1.54) is 13.8 Å². The van der Waals surface area contributed by atoms with Gasteiger partial charge in [0.2, 0.25) is 0 Å². The molecule has 19 heavy (non-hydrogen) atoms. The van der Waals surface area contributed by atoms with E-state index < -0.39 is 0 Å². The molecule has 0 amide bonds. The van der Waals surface area contributed by atoms with Crippen molar-refractivity contribution in [3.8, 4) is 5.75 Å². The second-order valence-electron chi connectivity index (χ2n) is 4.32. The molecule has 0 atom stereocenters. The summed E-state index contributed by atoms with van der Waals surface area (Å²) < 4.78 is 5.58. The summed E-state index contributed by atoms with van der Waals surface area (Å²) in [6.07, 6.45) is 0.0127. The SMILES string of the molecule is CC(=O)C(N=Nc1ccccc1OC(C)C)=C(C)O. The Balaban J connectivity index is 3.05. The van der Waals surface area contributed by atoms with Gasteiger partial charge in [-0.15, -0.1) is 10.2 Å². The van der Waals surface area contributed by atoms with Crippen LogP contribution in [0, 0.1) is 0 Å². The molecule has 0 aromatic heterocycles. The largest absolute Gasteiger partial charge is 0.510 e. The molecule has 0 radical (unpaired) electrons. The maximum absolute atomic E-state index is 11.3. The summed E-state index contributed by atoms with van der Waals surface area (Å²) in [5, 5.41) is 17.1. The van der Waals surface area contributed by atoms with Crippen LogP contribution >= 0.6 is 0 Å². The van der Waals surface area contributed by atoms with Crippen molar-refractivity contribution in [2.24, 2.45) is 10.2 Å². The van der Waals surface area contributed by atoms with Crippen LogP contribution in [-0.2, 0) is 4.79 Å². The number of aliphatic hydroxyl groups is 1. The first-order valence-corrected chi connectivity index (χ1v) is 6.00. The predicted octanol–water partition coefficient (Wildman–Crippen LogP) is 3.94. The molecule has 102 valence electrons. The number of Topliss-reactive ketones (excluding diaryl/α,β-unsaturated/α-hetero) is 1. The number of aliphatic hydroxyl groups excluding tert-OH is 1. The van der Waals surface area contributed by atoms with Crippen molar-refractivity contribution in [3.63, 3.8) is 0 Å². The van der Waals surface area contributed by atoms with Gasteiger partial charge in [-0.2, -0.15) is 0 Å². The fraction of sp³-hybridized carbons (Fsp3) is 0.357. The third-order valence-electron chi connectivity index (χ3n) is 2.16. The summed E-state index contributed by atoms with van der Waals surface area (Å²) in [7, 11) is 0. The van der Waals surface area contributed by atoms with Gasteiger partial charge in [0.15, 0.2) is 11.5 Å². The number of ketones is 1. The van der Waals surface area contributed by atoms with E-state index in [1.807, 2.05) is 19.9 Å². The Morgan fingerprint density at radius 3 is 2.42 bits per heavy atom. The van der Waals surface area contributed by atoms with Gasteiger partial charge < -0.3 is 9.84 Å². The van der Waals surface area contributed by atoms with Crippen LogP contribution in [0.2, 0.25) is 0 Å². The summed E-state index contributed by atoms with van der Waals surface area (Å²) >= 11 is 0. The lowest BCUT2D eigenvalue weighted by molar-refractivity contribution is -0.113. The molecule has 0 aliphatic rings. The van der Waals surface area contributed by atoms with Gasteiger partial charge in [0, 0.05) is 6.92 Å². The molecule has 0 bridgehead atoms. The van der Waals surface area contributed by atoms with E-state index in [-0.39, 0.29) is 23.3 Å². The zero-order valence-electron chi connectivity index (χ0n) is 11.5. The second-order valence-corrected chi connectivity index (χ2v) is 4.32. The molecule has 0 spiro atoms. The van der Waals surface area contributed by atoms with E-state index in [0.29, 0.717) is 11.4 Å². The van der Waals surface area contributed by atoms with Crippen LogP contribution in [0.3, 0.4) is 0 Å². The van der Waals surface area contributed by atoms with Crippen LogP contribution in [0.1, 0.15) is 27.7 Å². The monoisotopic (exact) mass is 262 g/mol. The number of benzene rings is 1. The molecule has 0 aliphatic heterocycles. The van der Waals surface area contributed by atoms with E-state index >= 15 is 0 Å². The van der Waals surface area contributed by atoms with Crippen molar-refractivity contribution in [3.05, 3.63) is 35.7 Å². The number of allylic oxidation sites excluding steroid dienone is 2. The Hall–Kier alpha value is -2.17. The maximum atomic E-state index is 11.3. The number of azo groups is 1. The third kappa shape index (κ3) is 4.54. The van der Waals surface area contributed by atoms with Gasteiger partial charge in [-0.1, -0.05) is 12.1 Å². The van der Waals surface area contributed by atoms with E-state index in [9.17, 15) is 9.90 Å². The first-order chi connectivity index (χ1) is 8.91. The van der Waals surface area contributed by atoms with Gasteiger partial charge in [-0.05, 0) is 32.9 Å². The molecular formula is C14H18N2O3. The molecule has 5 nitrogen and oxygen atoms in total. The topological polar surface area (TPSA) is 71.2 Å². The van der Waals surface area contributed by atoms with Crippen LogP contribution in [0.15, 0.2) is 46.0 Å². The molecule has 1 aromatic rings. The van der Waals surface area contributed by atoms with Crippen LogP contribution in [0.5, 0.6) is 5.75 Å². The number of carbonyl (C=O) groups excluding carboxylic acids is 1. The van der Waals surface area contributed by atoms with Crippen LogP contribution < -0.4 is 4.74 Å². The highest BCUT2D eigenvalue weighted by Crippen LogP contribution is 2.28. The number of para-hydroxylation sites is 1. The molecule has 0 saturated heterocycles. The first-order valence-electron chi connectivity index (χ1n) is 6.00. The predicted molar refractivity (Wildman–Crippen MR) is 72.7 cm³/mol. The van der Waals surface area contributed by atoms with Crippen molar-refractivity contribution < 1.29 is 14.6 Å². The maximum Gasteiger partial charge on any atom is 0.183 e. The number of carbonyl (C=O) groups is 1. The third-order valence-corrected chi connectivity index (χ3v) is 2.16. The van der Waals surface area contributed by atoms with Crippen molar-refractivity contribution in [1.82, 2.24) is 0 Å². The van der Waals surface area contributed by atoms with Gasteiger partial charge in [-0.3, -0.25) is 4.79 Å². The molecular weight excluding hydrogens is 244 g/mol. The molecule has 0 aliphatic carbocycles. The zero-order valence-corrected chi connectivity index (χ0v) is 11.5. The molecule has 0 unspecified atom stereocenters. The average Bonchev–Trinajstić information content (AvgIpc) is 2.29. The van der Waals surface area contributed by atoms with Gasteiger partial charge in [0.05, 0.1) is 6.10 Å². The van der Waals surface area contributed by atoms with E-state index in [0.717, 1.165) is 0 Å². The molecule has 1 N–H and O–H groups in total. The van der Waals surface area contributed by atoms with E-state index in [4.69, 9.17) is 4.74 Å². The van der Waals surface area contributed by atoms with Crippen molar-refractivity contribution in [2.45, 2.75) is 33.8 Å². The molecule has 0 heterocycles. The number of hydrogen-bond acceptors (Lipinski definition) is 5. The Bertz CT molecular complexity index is 515. The van der Waals surface area contributed by atoms with Crippen LogP contribution in [-0.4, -0.2) is 17.0 Å². The number of ether oxygens (including phenoxy) is 1. The number of rotatable bonds is 5. The smallest absolute Gasteiger partial charge is 0.183 e. The Morgan fingerprint density at radius 2 is 1.89 bits per heavy atom. The Morgan fingerprint density at radius 1 is 1.26 bits per heavy atom. The Labute approximate surface area is 112 Å². The number of nitrogens with zero attached hydrogens (tertiary/aromatic N) is 2. The highest BCUT2D eigenvalue weighted by molar-refractivity contribution is 5.93. The highest BCUT2D eigenvalue weighted by atomic mass is 16.5. The Kier molecular flexibility index (Phi) is 5.23. The molecule has 1 aromatic carbocycles. The minimum absolute atomic E-state index is 0.0127. The van der Waals surface area contributed by atoms with Gasteiger partial charge in [0.1, 0.15) is 17.2 Å². The second kappa shape index (κ2) is 6.68. The zero-order chi connectivity index (χ0) is 14.4. The molecule has 1 rings (SSSR count). The van der Waals surface area contributed by atoms with Crippen molar-refractivity contribution >= 4 is 11.5 Å². The average molecular weight is 262 g/mol. The lowest BCUT2D eigenvalue weighted by Crippen LogP contribution is -2.05. The summed E-state index contributed by atoms with van der Waals surface area (Å²) in [4.78, 5) is 11.3. The van der Waals surface area contributed by atoms with Crippen molar-refractivity contribution in [1.29, 1.82) is 0 Å². The molecule has 0 fully saturated rings. The van der Waals surface area contributed by atoms with Gasteiger partial charge in [-0.25, -0.2) is 0 Å². The standard InChI is InChI=1S/C14H18N2O3/c1-9(2)19-13-8-6-5-7-12(13)15-16-14(10(3)17)11(4)18/h5-9,17H,1-4H3. The van der Waals surface area contributed by atoms with Gasteiger partial charge in [0.25, 0.3) is 0 Å². The summed E-state index contributed by atoms with van der Waals surface area (Å²) in [5.41, 5.74) is 0.454. The molecule has 0 saturated carbocycles. The van der Waals surface area contributed by atoms with Crippen molar-refractivity contribution in [2.75, 3.05) is 0 Å². The van der Waals surface area contributed by atoms with Crippen LogP contribution in [0.4, 0.5) is 5.69 Å². The van der Waals surface area contributed by atoms with Gasteiger partial charge >= 0.3 is 0 Å². The quantitative estimate of drug-likeness (QED) is 0.496. The normalized spacial score (nSPS) is 12.7. The lowest BCUT2D eigenvalue weighted by atomic mass is 10.3. The van der Waals surface area contributed by atoms with E-state index in [1.54, 1.807) is 18.2 Å². The summed E-state index contributed by atoms with van der Waals surface area (Å²) in [6, 6.07) is 7.13. The molecule has 5 heteroatoms. The fourth-order valence-electron chi connectivity index (χ4n) is 1.39. The number of hydrogen-bond donors (Lipinski definition) is 1.